The fraction of sp³-hybridized carbons (Fsp3) is 0.724. The number of rotatable bonds is 11. The van der Waals surface area contributed by atoms with Crippen molar-refractivity contribution >= 4 is 11.8 Å². The molecular weight excluding hydrogens is 632 g/mol. The second-order valence-electron chi connectivity index (χ2n) is 11.6. The summed E-state index contributed by atoms with van der Waals surface area (Å²) in [5.74, 6) is -0.373. The minimum absolute atomic E-state index is 0.256. The van der Waals surface area contributed by atoms with Crippen LogP contribution in [0.25, 0.3) is 0 Å². The maximum atomic E-state index is 12.5. The number of amides is 2. The molecule has 3 heterocycles. The lowest BCUT2D eigenvalue weighted by Crippen LogP contribution is -2.70. The highest BCUT2D eigenvalue weighted by molar-refractivity contribution is 5.73. The molecule has 3 saturated heterocycles. The average molecular weight is 677 g/mol. The Morgan fingerprint density at radius 3 is 1.77 bits per heavy atom. The number of ether oxygens (including phenoxy) is 7. The first-order valence-electron chi connectivity index (χ1n) is 15.0. The van der Waals surface area contributed by atoms with Gasteiger partial charge in [0.05, 0.1) is 32.5 Å². The van der Waals surface area contributed by atoms with Crippen LogP contribution in [0.5, 0.6) is 11.5 Å². The zero-order valence-electron chi connectivity index (χ0n) is 26.2. The summed E-state index contributed by atoms with van der Waals surface area (Å²) in [6, 6.07) is 3.80. The first-order valence-corrected chi connectivity index (χ1v) is 15.0. The fourth-order valence-corrected chi connectivity index (χ4v) is 5.70. The van der Waals surface area contributed by atoms with Crippen LogP contribution in [0.3, 0.4) is 0 Å². The van der Waals surface area contributed by atoms with E-state index in [1.165, 1.54) is 27.9 Å². The monoisotopic (exact) mass is 676 g/mol. The largest absolute Gasteiger partial charge is 0.497 e. The van der Waals surface area contributed by atoms with Gasteiger partial charge in [-0.25, -0.2) is 0 Å². The number of methoxy groups -OCH3 is 1. The molecule has 0 aliphatic carbocycles. The first kappa shape index (κ1) is 37.1. The number of nitrogens with one attached hydrogen (secondary N) is 2. The highest BCUT2D eigenvalue weighted by atomic mass is 16.8. The Hall–Kier alpha value is -2.72. The van der Waals surface area contributed by atoms with Gasteiger partial charge in [-0.05, 0) is 31.2 Å². The standard InChI is InChI=1S/C29H44N2O16/c1-11-20(36)22(38)24(40)28(42-11)47-26-19(31-13(3)35)27(43-15-7-5-14(41-4)6-8-15)45-17(10-33)25(26)46-29-23(39)21(37)18(30-12(2)34)16(9-32)44-29/h5-8,11,16-29,32-33,36-40H,9-10H2,1-4H3,(H,30,34)(H,31,35)/t11-,16+,17+,18-,19+,20+,21-,22+,23+,24-,25+,26+,27+,28-,29-/m0/s1. The van der Waals surface area contributed by atoms with Gasteiger partial charge in [0, 0.05) is 13.8 Å². The number of aliphatic hydroxyl groups is 7. The predicted octanol–water partition coefficient (Wildman–Crippen LogP) is -4.16. The lowest BCUT2D eigenvalue weighted by atomic mass is 9.93. The molecule has 0 unspecified atom stereocenters. The van der Waals surface area contributed by atoms with E-state index in [0.29, 0.717) is 5.75 Å². The van der Waals surface area contributed by atoms with Gasteiger partial charge in [0.1, 0.15) is 72.5 Å². The summed E-state index contributed by atoms with van der Waals surface area (Å²) in [5.41, 5.74) is 0. The van der Waals surface area contributed by atoms with Crippen LogP contribution in [0, 0.1) is 0 Å². The molecule has 0 radical (unpaired) electrons. The zero-order chi connectivity index (χ0) is 34.6. The molecule has 47 heavy (non-hydrogen) atoms. The highest BCUT2D eigenvalue weighted by Crippen LogP contribution is 2.34. The van der Waals surface area contributed by atoms with Gasteiger partial charge in [0.15, 0.2) is 12.6 Å². The Kier molecular flexibility index (Phi) is 12.7. The molecule has 18 heteroatoms. The third-order valence-corrected chi connectivity index (χ3v) is 8.15. The number of aliphatic hydroxyl groups excluding tert-OH is 7. The van der Waals surface area contributed by atoms with Crippen molar-refractivity contribution in [3.63, 3.8) is 0 Å². The molecule has 18 nitrogen and oxygen atoms in total. The van der Waals surface area contributed by atoms with Crippen molar-refractivity contribution in [3.05, 3.63) is 24.3 Å². The van der Waals surface area contributed by atoms with Crippen molar-refractivity contribution in [3.8, 4) is 11.5 Å². The van der Waals surface area contributed by atoms with Crippen molar-refractivity contribution in [2.45, 2.75) is 113 Å². The van der Waals surface area contributed by atoms with Crippen LogP contribution in [-0.2, 0) is 33.3 Å². The van der Waals surface area contributed by atoms with E-state index in [0.717, 1.165) is 0 Å². The van der Waals surface area contributed by atoms with Gasteiger partial charge in [-0.1, -0.05) is 0 Å². The highest BCUT2D eigenvalue weighted by Gasteiger charge is 2.55. The van der Waals surface area contributed by atoms with Crippen LogP contribution in [0.2, 0.25) is 0 Å². The van der Waals surface area contributed by atoms with Gasteiger partial charge in [0.25, 0.3) is 0 Å². The van der Waals surface area contributed by atoms with Crippen molar-refractivity contribution < 1.29 is 78.5 Å². The summed E-state index contributed by atoms with van der Waals surface area (Å²) in [6.07, 6.45) is -19.8. The molecular formula is C29H44N2O16. The Morgan fingerprint density at radius 2 is 1.19 bits per heavy atom. The van der Waals surface area contributed by atoms with Crippen molar-refractivity contribution in [2.75, 3.05) is 20.3 Å². The number of carbonyl (C=O) groups is 2. The molecule has 1 aromatic rings. The second-order valence-corrected chi connectivity index (χ2v) is 11.6. The van der Waals surface area contributed by atoms with Crippen molar-refractivity contribution in [1.29, 1.82) is 0 Å². The molecule has 9 N–H and O–H groups in total. The molecule has 0 bridgehead atoms. The zero-order valence-corrected chi connectivity index (χ0v) is 26.2. The van der Waals surface area contributed by atoms with Gasteiger partial charge in [-0.3, -0.25) is 9.59 Å². The third-order valence-electron chi connectivity index (χ3n) is 8.15. The molecule has 3 fully saturated rings. The molecule has 0 aromatic heterocycles. The number of carbonyl (C=O) groups excluding carboxylic acids is 2. The number of benzene rings is 1. The lowest BCUT2D eigenvalue weighted by molar-refractivity contribution is -0.364. The van der Waals surface area contributed by atoms with Gasteiger partial charge in [0.2, 0.25) is 18.1 Å². The SMILES string of the molecule is COc1ccc(O[C@@H]2O[C@H](CO)[C@@H](O[C@@H]3O[C@H](CO)[C@H](NC(C)=O)[C@H](O)[C@H]3O)[C@H](O[C@@H]3O[C@@H](C)[C@@H](O)[C@@H](O)[C@@H]3O)[C@H]2NC(C)=O)cc1. The Bertz CT molecular complexity index is 1180. The maximum absolute atomic E-state index is 12.5. The summed E-state index contributed by atoms with van der Waals surface area (Å²) in [4.78, 5) is 24.2. The van der Waals surface area contributed by atoms with Crippen LogP contribution < -0.4 is 20.1 Å². The maximum Gasteiger partial charge on any atom is 0.223 e. The van der Waals surface area contributed by atoms with Crippen molar-refractivity contribution in [2.24, 2.45) is 0 Å². The van der Waals surface area contributed by atoms with E-state index in [1.54, 1.807) is 24.3 Å². The molecule has 1 aromatic carbocycles. The van der Waals surface area contributed by atoms with Gasteiger partial charge < -0.3 is 79.5 Å². The number of hydrogen-bond donors (Lipinski definition) is 9. The topological polar surface area (TPSA) is 264 Å². The normalized spacial score (nSPS) is 40.7. The molecule has 0 saturated carbocycles. The molecule has 3 aliphatic rings. The predicted molar refractivity (Wildman–Crippen MR) is 154 cm³/mol. The Labute approximate surface area is 270 Å². The van der Waals surface area contributed by atoms with Crippen LogP contribution >= 0.6 is 0 Å². The van der Waals surface area contributed by atoms with Crippen LogP contribution in [0.4, 0.5) is 0 Å². The minimum Gasteiger partial charge on any atom is -0.497 e. The Balaban J connectivity index is 1.71. The second kappa shape index (κ2) is 16.1. The van der Waals surface area contributed by atoms with E-state index in [1.807, 2.05) is 0 Å². The summed E-state index contributed by atoms with van der Waals surface area (Å²) in [6.45, 7) is 2.34. The quantitative estimate of drug-likeness (QED) is 0.108. The molecule has 266 valence electrons. The first-order chi connectivity index (χ1) is 22.3. The van der Waals surface area contributed by atoms with Crippen LogP contribution in [0.15, 0.2) is 24.3 Å². The summed E-state index contributed by atoms with van der Waals surface area (Å²) in [7, 11) is 1.48. The molecule has 4 rings (SSSR count). The third kappa shape index (κ3) is 8.48. The van der Waals surface area contributed by atoms with Gasteiger partial charge in [-0.15, -0.1) is 0 Å². The molecule has 2 amide bonds. The fourth-order valence-electron chi connectivity index (χ4n) is 5.70. The van der Waals surface area contributed by atoms with Gasteiger partial charge >= 0.3 is 0 Å². The average Bonchev–Trinajstić information content (AvgIpc) is 3.04. The number of hydrogen-bond acceptors (Lipinski definition) is 16. The summed E-state index contributed by atoms with van der Waals surface area (Å²) < 4.78 is 40.8. The van der Waals surface area contributed by atoms with Crippen LogP contribution in [0.1, 0.15) is 20.8 Å². The van der Waals surface area contributed by atoms with E-state index in [-0.39, 0.29) is 5.75 Å². The van der Waals surface area contributed by atoms with E-state index < -0.39 is 117 Å². The summed E-state index contributed by atoms with van der Waals surface area (Å²) >= 11 is 0. The molecule has 0 spiro atoms. The molecule has 15 atom stereocenters. The lowest BCUT2D eigenvalue weighted by Gasteiger charge is -2.50. The van der Waals surface area contributed by atoms with E-state index in [2.05, 4.69) is 10.6 Å². The van der Waals surface area contributed by atoms with E-state index >= 15 is 0 Å². The van der Waals surface area contributed by atoms with E-state index in [4.69, 9.17) is 33.2 Å². The minimum atomic E-state index is -1.82. The van der Waals surface area contributed by atoms with Crippen molar-refractivity contribution in [1.82, 2.24) is 10.6 Å². The smallest absolute Gasteiger partial charge is 0.223 e. The summed E-state index contributed by atoms with van der Waals surface area (Å²) in [5, 5.41) is 78.7. The van der Waals surface area contributed by atoms with Crippen LogP contribution in [-0.4, -0.2) is 160 Å². The Morgan fingerprint density at radius 1 is 0.681 bits per heavy atom. The van der Waals surface area contributed by atoms with E-state index in [9.17, 15) is 45.3 Å². The van der Waals surface area contributed by atoms with Gasteiger partial charge in [-0.2, -0.15) is 0 Å². The molecule has 3 aliphatic heterocycles.